The molecular weight excluding hydrogens is 399 g/mol. The van der Waals surface area contributed by atoms with Gasteiger partial charge >= 0.3 is 6.18 Å². The van der Waals surface area contributed by atoms with Crippen molar-refractivity contribution < 1.29 is 26.5 Å². The molecule has 0 saturated heterocycles. The first-order valence-corrected chi connectivity index (χ1v) is 10.6. The van der Waals surface area contributed by atoms with Crippen molar-refractivity contribution in [3.8, 4) is 0 Å². The Morgan fingerprint density at radius 1 is 1.25 bits per heavy atom. The van der Waals surface area contributed by atoms with E-state index in [1.165, 1.54) is 16.4 Å². The number of nitro groups is 1. The van der Waals surface area contributed by atoms with Crippen molar-refractivity contribution in [2.24, 2.45) is 5.92 Å². The zero-order valence-electron chi connectivity index (χ0n) is 15.7. The lowest BCUT2D eigenvalue weighted by atomic mass is 9.85. The number of sulfonamides is 1. The van der Waals surface area contributed by atoms with Gasteiger partial charge < -0.3 is 5.32 Å². The monoisotopic (exact) mass is 423 g/mol. The third kappa shape index (κ3) is 4.93. The summed E-state index contributed by atoms with van der Waals surface area (Å²) in [4.78, 5) is 10.5. The molecule has 28 heavy (non-hydrogen) atoms. The molecule has 2 atom stereocenters. The minimum absolute atomic E-state index is 0.0244. The van der Waals surface area contributed by atoms with E-state index in [1.807, 2.05) is 0 Å². The zero-order valence-corrected chi connectivity index (χ0v) is 16.5. The molecule has 1 aromatic carbocycles. The van der Waals surface area contributed by atoms with Crippen molar-refractivity contribution in [2.45, 2.75) is 56.6 Å². The third-order valence-electron chi connectivity index (χ3n) is 5.01. The standard InChI is InChI=1S/C17H24F3N3O4S/c1-3-22(4-2)28(26,27)14-8-9-15(16(11-14)23(24)25)21-13-7-5-6-12(10-13)17(18,19)20/h8-9,11-13,21H,3-7,10H2,1-2H3/t12-,13-/m0/s1. The lowest BCUT2D eigenvalue weighted by Gasteiger charge is -2.31. The van der Waals surface area contributed by atoms with Gasteiger partial charge in [0.1, 0.15) is 5.69 Å². The van der Waals surface area contributed by atoms with Gasteiger partial charge in [-0.05, 0) is 31.4 Å². The SMILES string of the molecule is CCN(CC)S(=O)(=O)c1ccc(N[C@H]2CCC[C@H](C(F)(F)F)C2)c([N+](=O)[O-])c1. The van der Waals surface area contributed by atoms with E-state index in [-0.39, 0.29) is 36.5 Å². The number of alkyl halides is 3. The van der Waals surface area contributed by atoms with Gasteiger partial charge in [-0.3, -0.25) is 10.1 Å². The van der Waals surface area contributed by atoms with Crippen LogP contribution in [0.2, 0.25) is 0 Å². The summed E-state index contributed by atoms with van der Waals surface area (Å²) in [6.07, 6.45) is -3.59. The van der Waals surface area contributed by atoms with Crippen LogP contribution in [0.1, 0.15) is 39.5 Å². The van der Waals surface area contributed by atoms with E-state index in [4.69, 9.17) is 0 Å². The molecule has 1 aliphatic carbocycles. The van der Waals surface area contributed by atoms with Crippen molar-refractivity contribution in [3.05, 3.63) is 28.3 Å². The molecule has 2 rings (SSSR count). The fraction of sp³-hybridized carbons (Fsp3) is 0.647. The molecule has 1 aliphatic rings. The fourth-order valence-corrected chi connectivity index (χ4v) is 4.97. The van der Waals surface area contributed by atoms with E-state index in [2.05, 4.69) is 5.32 Å². The maximum Gasteiger partial charge on any atom is 0.391 e. The summed E-state index contributed by atoms with van der Waals surface area (Å²) < 4.78 is 65.3. The van der Waals surface area contributed by atoms with Gasteiger partial charge in [0.2, 0.25) is 10.0 Å². The van der Waals surface area contributed by atoms with Crippen LogP contribution in [0.4, 0.5) is 24.5 Å². The highest BCUT2D eigenvalue weighted by atomic mass is 32.2. The molecule has 0 aromatic heterocycles. The number of hydrogen-bond donors (Lipinski definition) is 1. The van der Waals surface area contributed by atoms with E-state index in [1.54, 1.807) is 13.8 Å². The summed E-state index contributed by atoms with van der Waals surface area (Å²) in [5, 5.41) is 14.3. The van der Waals surface area contributed by atoms with Gasteiger partial charge in [-0.2, -0.15) is 17.5 Å². The van der Waals surface area contributed by atoms with Crippen LogP contribution in [0.15, 0.2) is 23.1 Å². The minimum Gasteiger partial charge on any atom is -0.377 e. The Balaban J connectivity index is 2.30. The molecule has 11 heteroatoms. The van der Waals surface area contributed by atoms with E-state index in [0.29, 0.717) is 12.8 Å². The van der Waals surface area contributed by atoms with Crippen molar-refractivity contribution in [3.63, 3.8) is 0 Å². The zero-order chi connectivity index (χ0) is 21.1. The Hall–Kier alpha value is -1.88. The fourth-order valence-electron chi connectivity index (χ4n) is 3.50. The Bertz CT molecular complexity index is 810. The molecule has 1 fully saturated rings. The number of rotatable bonds is 7. The Morgan fingerprint density at radius 3 is 2.43 bits per heavy atom. The van der Waals surface area contributed by atoms with Gasteiger partial charge in [0.05, 0.1) is 15.7 Å². The molecule has 7 nitrogen and oxygen atoms in total. The predicted octanol–water partition coefficient (Wildman–Crippen LogP) is 4.16. The molecule has 158 valence electrons. The van der Waals surface area contributed by atoms with Crippen molar-refractivity contribution in [1.29, 1.82) is 0 Å². The molecule has 0 radical (unpaired) electrons. The molecule has 0 spiro atoms. The van der Waals surface area contributed by atoms with Crippen LogP contribution in [-0.4, -0.2) is 43.0 Å². The molecule has 1 saturated carbocycles. The highest BCUT2D eigenvalue weighted by Gasteiger charge is 2.42. The van der Waals surface area contributed by atoms with Gasteiger partial charge in [-0.15, -0.1) is 0 Å². The Labute approximate surface area is 162 Å². The van der Waals surface area contributed by atoms with Gasteiger partial charge in [-0.1, -0.05) is 20.3 Å². The summed E-state index contributed by atoms with van der Waals surface area (Å²) in [6.45, 7) is 3.75. The second kappa shape index (κ2) is 8.64. The summed E-state index contributed by atoms with van der Waals surface area (Å²) in [5.41, 5.74) is -0.446. The van der Waals surface area contributed by atoms with Crippen LogP contribution in [0, 0.1) is 16.0 Å². The number of hydrogen-bond acceptors (Lipinski definition) is 5. The highest BCUT2D eigenvalue weighted by molar-refractivity contribution is 7.89. The van der Waals surface area contributed by atoms with Crippen LogP contribution in [0.25, 0.3) is 0 Å². The lowest BCUT2D eigenvalue weighted by Crippen LogP contribution is -2.34. The second-order valence-electron chi connectivity index (χ2n) is 6.77. The topological polar surface area (TPSA) is 92.6 Å². The van der Waals surface area contributed by atoms with Crippen molar-refractivity contribution >= 4 is 21.4 Å². The molecule has 0 aliphatic heterocycles. The van der Waals surface area contributed by atoms with Gasteiger partial charge in [0.15, 0.2) is 0 Å². The highest BCUT2D eigenvalue weighted by Crippen LogP contribution is 2.39. The first kappa shape index (κ1) is 22.4. The van der Waals surface area contributed by atoms with Crippen LogP contribution in [0.3, 0.4) is 0 Å². The van der Waals surface area contributed by atoms with Gasteiger partial charge in [-0.25, -0.2) is 8.42 Å². The quantitative estimate of drug-likeness (QED) is 0.525. The second-order valence-corrected chi connectivity index (χ2v) is 8.71. The summed E-state index contributed by atoms with van der Waals surface area (Å²) in [6, 6.07) is 2.89. The number of nitro benzene ring substituents is 1. The van der Waals surface area contributed by atoms with E-state index in [0.717, 1.165) is 6.07 Å². The lowest BCUT2D eigenvalue weighted by molar-refractivity contribution is -0.384. The van der Waals surface area contributed by atoms with Gasteiger partial charge in [0.25, 0.3) is 5.69 Å². The maximum atomic E-state index is 13.0. The van der Waals surface area contributed by atoms with E-state index in [9.17, 15) is 31.7 Å². The minimum atomic E-state index is -4.30. The average Bonchev–Trinajstić information content (AvgIpc) is 2.62. The van der Waals surface area contributed by atoms with Crippen LogP contribution in [0.5, 0.6) is 0 Å². The molecule has 0 heterocycles. The Kier molecular flexibility index (Phi) is 6.92. The van der Waals surface area contributed by atoms with E-state index >= 15 is 0 Å². The molecule has 1 aromatic rings. The number of nitrogens with one attached hydrogen (secondary N) is 1. The molecule has 0 bridgehead atoms. The normalized spacial score (nSPS) is 20.9. The average molecular weight is 423 g/mol. The van der Waals surface area contributed by atoms with Crippen LogP contribution < -0.4 is 5.32 Å². The summed E-state index contributed by atoms with van der Waals surface area (Å²) in [5.74, 6) is -1.44. The number of benzene rings is 1. The molecule has 1 N–H and O–H groups in total. The number of halogens is 3. The molecule has 0 unspecified atom stereocenters. The maximum absolute atomic E-state index is 13.0. The third-order valence-corrected chi connectivity index (χ3v) is 7.05. The summed E-state index contributed by atoms with van der Waals surface area (Å²) >= 11 is 0. The Morgan fingerprint density at radius 2 is 1.89 bits per heavy atom. The molecular formula is C17H24F3N3O4S. The van der Waals surface area contributed by atoms with Gasteiger partial charge in [0, 0.05) is 25.2 Å². The predicted molar refractivity (Wildman–Crippen MR) is 98.6 cm³/mol. The van der Waals surface area contributed by atoms with Crippen LogP contribution in [-0.2, 0) is 10.0 Å². The first-order chi connectivity index (χ1) is 13.0. The number of anilines is 1. The van der Waals surface area contributed by atoms with E-state index < -0.39 is 38.8 Å². The van der Waals surface area contributed by atoms with Crippen LogP contribution >= 0.6 is 0 Å². The smallest absolute Gasteiger partial charge is 0.377 e. The summed E-state index contributed by atoms with van der Waals surface area (Å²) in [7, 11) is -3.88. The molecule has 0 amide bonds. The largest absolute Gasteiger partial charge is 0.391 e. The first-order valence-electron chi connectivity index (χ1n) is 9.12. The van der Waals surface area contributed by atoms with Crippen molar-refractivity contribution in [1.82, 2.24) is 4.31 Å². The number of nitrogens with zero attached hydrogens (tertiary/aromatic N) is 2. The van der Waals surface area contributed by atoms with Crippen molar-refractivity contribution in [2.75, 3.05) is 18.4 Å².